The lowest BCUT2D eigenvalue weighted by atomic mass is 10.2. The van der Waals surface area contributed by atoms with E-state index in [1.807, 2.05) is 0 Å². The summed E-state index contributed by atoms with van der Waals surface area (Å²) in [5, 5.41) is 8.19. The number of fused-ring (bicyclic) bond motifs is 1. The average molecular weight is 355 g/mol. The summed E-state index contributed by atoms with van der Waals surface area (Å²) in [4.78, 5) is 12.3. The number of halogens is 4. The van der Waals surface area contributed by atoms with Crippen molar-refractivity contribution in [3.8, 4) is 0 Å². The number of aromatic nitrogens is 4. The van der Waals surface area contributed by atoms with Crippen LogP contribution in [-0.4, -0.2) is 25.5 Å². The first-order chi connectivity index (χ1) is 11.4. The van der Waals surface area contributed by atoms with Crippen LogP contribution < -0.4 is 5.56 Å². The van der Waals surface area contributed by atoms with Gasteiger partial charge in [0.25, 0.3) is 11.5 Å². The molecule has 124 valence electrons. The van der Waals surface area contributed by atoms with E-state index in [1.54, 1.807) is 18.2 Å². The highest BCUT2D eigenvalue weighted by molar-refractivity contribution is 6.34. The summed E-state index contributed by atoms with van der Waals surface area (Å²) in [6.07, 6.45) is 0.813. The van der Waals surface area contributed by atoms with Crippen LogP contribution in [0.2, 0.25) is 5.15 Å². The minimum atomic E-state index is -2.93. The summed E-state index contributed by atoms with van der Waals surface area (Å²) in [6.45, 7) is 0.0131. The van der Waals surface area contributed by atoms with E-state index < -0.39 is 29.8 Å². The van der Waals surface area contributed by atoms with Crippen LogP contribution in [0.4, 0.5) is 13.2 Å². The van der Waals surface area contributed by atoms with Gasteiger partial charge in [0, 0.05) is 12.0 Å². The summed E-state index contributed by atoms with van der Waals surface area (Å²) in [5.74, 6) is -3.36. The molecule has 1 fully saturated rings. The Bertz CT molecular complexity index is 1010. The molecule has 0 saturated heterocycles. The Morgan fingerprint density at radius 3 is 2.71 bits per heavy atom. The van der Waals surface area contributed by atoms with Crippen molar-refractivity contribution < 1.29 is 13.2 Å². The Balaban J connectivity index is 1.79. The minimum absolute atomic E-state index is 0.0131. The lowest BCUT2D eigenvalue weighted by molar-refractivity contribution is 0.0974. The van der Waals surface area contributed by atoms with Gasteiger partial charge in [0.05, 0.1) is 18.1 Å². The van der Waals surface area contributed by atoms with E-state index in [2.05, 4.69) is 10.2 Å². The summed E-state index contributed by atoms with van der Waals surface area (Å²) < 4.78 is 42.1. The molecule has 1 aliphatic rings. The summed E-state index contributed by atoms with van der Waals surface area (Å²) in [6, 6.07) is 4.84. The molecule has 1 aliphatic carbocycles. The van der Waals surface area contributed by atoms with Gasteiger partial charge < -0.3 is 0 Å². The third-order valence-electron chi connectivity index (χ3n) is 4.01. The van der Waals surface area contributed by atoms with Gasteiger partial charge in [-0.05, 0) is 6.07 Å². The smallest absolute Gasteiger partial charge is 0.265 e. The highest BCUT2D eigenvalue weighted by atomic mass is 35.5. The quantitative estimate of drug-likeness (QED) is 0.726. The zero-order valence-corrected chi connectivity index (χ0v) is 12.8. The van der Waals surface area contributed by atoms with Crippen molar-refractivity contribution in [2.75, 3.05) is 0 Å². The average Bonchev–Trinajstić information content (AvgIpc) is 3.05. The fourth-order valence-electron chi connectivity index (χ4n) is 2.59. The number of alkyl halides is 2. The molecule has 9 heteroatoms. The number of nitrogens with zero attached hydrogens (tertiary/aromatic N) is 4. The second-order valence-electron chi connectivity index (χ2n) is 5.68. The van der Waals surface area contributed by atoms with Crippen LogP contribution >= 0.6 is 11.6 Å². The topological polar surface area (TPSA) is 52.7 Å². The maximum Gasteiger partial charge on any atom is 0.295 e. The molecule has 0 unspecified atom stereocenters. The first kappa shape index (κ1) is 15.2. The molecule has 0 spiro atoms. The van der Waals surface area contributed by atoms with Crippen LogP contribution in [-0.2, 0) is 6.54 Å². The van der Waals surface area contributed by atoms with E-state index in [4.69, 9.17) is 11.6 Å². The van der Waals surface area contributed by atoms with E-state index in [0.717, 1.165) is 4.68 Å². The van der Waals surface area contributed by atoms with Gasteiger partial charge in [-0.3, -0.25) is 4.79 Å². The number of rotatable bonds is 3. The summed E-state index contributed by atoms with van der Waals surface area (Å²) >= 11 is 6.18. The Morgan fingerprint density at radius 1 is 1.33 bits per heavy atom. The van der Waals surface area contributed by atoms with Gasteiger partial charge in [-0.25, -0.2) is 22.5 Å². The maximum atomic E-state index is 13.8. The lowest BCUT2D eigenvalue weighted by Gasteiger charge is -2.04. The SMILES string of the molecule is O=c1c2nn(Cc3ccccc3F)c(Cl)c2cnn1[C@@H]1CC1(F)F. The Hall–Kier alpha value is -2.35. The molecule has 1 saturated carbocycles. The highest BCUT2D eigenvalue weighted by Gasteiger charge is 2.59. The standard InChI is InChI=1S/C15H10ClF3N4O/c16-13-9-6-20-23(11-5-15(11,18)19)14(24)12(9)21-22(13)7-8-3-1-2-4-10(8)17/h1-4,6,11H,5,7H2/t11-/m1/s1. The molecule has 0 amide bonds. The molecular weight excluding hydrogens is 345 g/mol. The van der Waals surface area contributed by atoms with Gasteiger partial charge >= 0.3 is 0 Å². The van der Waals surface area contributed by atoms with Gasteiger partial charge in [0.1, 0.15) is 17.0 Å². The Labute approximate surface area is 138 Å². The van der Waals surface area contributed by atoms with Gasteiger partial charge in [-0.2, -0.15) is 10.2 Å². The van der Waals surface area contributed by atoms with Crippen LogP contribution in [0.5, 0.6) is 0 Å². The normalized spacial score (nSPS) is 18.9. The molecule has 1 aromatic carbocycles. The molecule has 3 aromatic rings. The van der Waals surface area contributed by atoms with Crippen LogP contribution in [0.15, 0.2) is 35.3 Å². The predicted molar refractivity (Wildman–Crippen MR) is 80.9 cm³/mol. The van der Waals surface area contributed by atoms with Gasteiger partial charge in [-0.1, -0.05) is 29.8 Å². The lowest BCUT2D eigenvalue weighted by Crippen LogP contribution is -2.24. The molecule has 0 N–H and O–H groups in total. The summed E-state index contributed by atoms with van der Waals surface area (Å²) in [5.41, 5.74) is -0.452. The second-order valence-corrected chi connectivity index (χ2v) is 6.04. The van der Waals surface area contributed by atoms with Crippen molar-refractivity contribution >= 4 is 22.5 Å². The van der Waals surface area contributed by atoms with Crippen LogP contribution in [0, 0.1) is 5.82 Å². The zero-order valence-electron chi connectivity index (χ0n) is 12.1. The van der Waals surface area contributed by atoms with Crippen molar-refractivity contribution in [1.29, 1.82) is 0 Å². The third-order valence-corrected chi connectivity index (χ3v) is 4.41. The van der Waals surface area contributed by atoms with Crippen molar-refractivity contribution in [2.24, 2.45) is 0 Å². The highest BCUT2D eigenvalue weighted by Crippen LogP contribution is 2.51. The van der Waals surface area contributed by atoms with Crippen LogP contribution in [0.3, 0.4) is 0 Å². The van der Waals surface area contributed by atoms with E-state index in [0.29, 0.717) is 5.56 Å². The predicted octanol–water partition coefficient (Wildman–Crippen LogP) is 3.01. The fourth-order valence-corrected chi connectivity index (χ4v) is 2.82. The second kappa shape index (κ2) is 5.07. The van der Waals surface area contributed by atoms with Crippen molar-refractivity contribution in [3.05, 3.63) is 57.3 Å². The molecule has 0 bridgehead atoms. The Kier molecular flexibility index (Phi) is 3.21. The van der Waals surface area contributed by atoms with E-state index in [1.165, 1.54) is 16.9 Å². The first-order valence-electron chi connectivity index (χ1n) is 7.13. The van der Waals surface area contributed by atoms with Crippen molar-refractivity contribution in [1.82, 2.24) is 19.6 Å². The summed E-state index contributed by atoms with van der Waals surface area (Å²) in [7, 11) is 0. The number of hydrogen-bond acceptors (Lipinski definition) is 3. The van der Waals surface area contributed by atoms with E-state index >= 15 is 0 Å². The van der Waals surface area contributed by atoms with Gasteiger partial charge in [0.15, 0.2) is 5.52 Å². The Morgan fingerprint density at radius 2 is 2.04 bits per heavy atom. The number of benzene rings is 1. The molecule has 0 aliphatic heterocycles. The van der Waals surface area contributed by atoms with E-state index in [9.17, 15) is 18.0 Å². The van der Waals surface area contributed by atoms with E-state index in [-0.39, 0.29) is 22.6 Å². The largest absolute Gasteiger partial charge is 0.295 e. The molecule has 2 aromatic heterocycles. The van der Waals surface area contributed by atoms with Gasteiger partial charge in [-0.15, -0.1) is 0 Å². The zero-order chi connectivity index (χ0) is 17.1. The van der Waals surface area contributed by atoms with Crippen molar-refractivity contribution in [2.45, 2.75) is 24.9 Å². The first-order valence-corrected chi connectivity index (χ1v) is 7.51. The monoisotopic (exact) mass is 354 g/mol. The van der Waals surface area contributed by atoms with Crippen molar-refractivity contribution in [3.63, 3.8) is 0 Å². The number of hydrogen-bond donors (Lipinski definition) is 0. The molecular formula is C15H10ClF3N4O. The van der Waals surface area contributed by atoms with Crippen LogP contribution in [0.1, 0.15) is 18.0 Å². The molecule has 24 heavy (non-hydrogen) atoms. The molecule has 5 nitrogen and oxygen atoms in total. The molecule has 4 rings (SSSR count). The molecule has 1 atom stereocenters. The molecule has 2 heterocycles. The maximum absolute atomic E-state index is 13.8. The fraction of sp³-hybridized carbons (Fsp3) is 0.267. The minimum Gasteiger partial charge on any atom is -0.265 e. The van der Waals surface area contributed by atoms with Gasteiger partial charge in [0.2, 0.25) is 0 Å². The molecule has 0 radical (unpaired) electrons. The van der Waals surface area contributed by atoms with Crippen LogP contribution in [0.25, 0.3) is 10.9 Å². The third kappa shape index (κ3) is 2.29.